The molecule has 1 heterocycles. The molecule has 1 unspecified atom stereocenters. The van der Waals surface area contributed by atoms with Crippen LogP contribution in [0.25, 0.3) is 0 Å². The highest BCUT2D eigenvalue weighted by atomic mass is 79.9. The number of aromatic nitrogens is 2. The van der Waals surface area contributed by atoms with Crippen LogP contribution in [0, 0.1) is 6.92 Å². The average Bonchev–Trinajstić information content (AvgIpc) is 2.77. The van der Waals surface area contributed by atoms with Crippen molar-refractivity contribution in [3.05, 3.63) is 50.7 Å². The highest BCUT2D eigenvalue weighted by Gasteiger charge is 2.18. The molecule has 0 aliphatic carbocycles. The molecule has 0 bridgehead atoms. The SMILES string of the molecule is CCCNC(Cc1ccc(Br)cc1Cl)c1cnn(C)c1C. The molecule has 0 saturated heterocycles. The van der Waals surface area contributed by atoms with E-state index in [1.54, 1.807) is 0 Å². The molecule has 1 N–H and O–H groups in total. The van der Waals surface area contributed by atoms with Crippen LogP contribution in [0.4, 0.5) is 0 Å². The molecule has 2 aromatic rings. The van der Waals surface area contributed by atoms with E-state index in [0.717, 1.165) is 34.4 Å². The zero-order valence-corrected chi connectivity index (χ0v) is 15.0. The zero-order chi connectivity index (χ0) is 15.4. The summed E-state index contributed by atoms with van der Waals surface area (Å²) < 4.78 is 2.92. The van der Waals surface area contributed by atoms with E-state index in [-0.39, 0.29) is 6.04 Å². The fraction of sp³-hybridized carbons (Fsp3) is 0.438. The van der Waals surface area contributed by atoms with Gasteiger partial charge < -0.3 is 5.32 Å². The van der Waals surface area contributed by atoms with Crippen LogP contribution in [-0.2, 0) is 13.5 Å². The molecule has 1 aromatic heterocycles. The Morgan fingerprint density at radius 3 is 2.76 bits per heavy atom. The first kappa shape index (κ1) is 16.5. The number of rotatable bonds is 6. The van der Waals surface area contributed by atoms with E-state index in [4.69, 9.17) is 11.6 Å². The van der Waals surface area contributed by atoms with Crippen LogP contribution in [0.15, 0.2) is 28.9 Å². The summed E-state index contributed by atoms with van der Waals surface area (Å²) in [6.45, 7) is 5.26. The van der Waals surface area contributed by atoms with Crippen LogP contribution in [0.5, 0.6) is 0 Å². The minimum absolute atomic E-state index is 0.234. The van der Waals surface area contributed by atoms with Crippen LogP contribution in [-0.4, -0.2) is 16.3 Å². The van der Waals surface area contributed by atoms with Crippen molar-refractivity contribution in [3.8, 4) is 0 Å². The highest BCUT2D eigenvalue weighted by molar-refractivity contribution is 9.10. The monoisotopic (exact) mass is 369 g/mol. The second kappa shape index (κ2) is 7.43. The summed E-state index contributed by atoms with van der Waals surface area (Å²) in [4.78, 5) is 0. The van der Waals surface area contributed by atoms with Crippen molar-refractivity contribution in [2.75, 3.05) is 6.54 Å². The number of benzene rings is 1. The normalized spacial score (nSPS) is 12.6. The molecule has 0 aliphatic rings. The lowest BCUT2D eigenvalue weighted by Gasteiger charge is -2.19. The van der Waals surface area contributed by atoms with E-state index in [1.165, 1.54) is 11.3 Å². The summed E-state index contributed by atoms with van der Waals surface area (Å²) >= 11 is 9.81. The van der Waals surface area contributed by atoms with Gasteiger partial charge in [-0.05, 0) is 44.0 Å². The molecule has 5 heteroatoms. The van der Waals surface area contributed by atoms with Gasteiger partial charge in [-0.3, -0.25) is 4.68 Å². The lowest BCUT2D eigenvalue weighted by molar-refractivity contribution is 0.526. The fourth-order valence-corrected chi connectivity index (χ4v) is 3.13. The Morgan fingerprint density at radius 1 is 1.43 bits per heavy atom. The maximum Gasteiger partial charge on any atom is 0.0540 e. The first-order chi connectivity index (χ1) is 10.0. The number of hydrogen-bond acceptors (Lipinski definition) is 2. The third kappa shape index (κ3) is 4.09. The maximum absolute atomic E-state index is 6.36. The van der Waals surface area contributed by atoms with Gasteiger partial charge in [-0.2, -0.15) is 5.10 Å². The van der Waals surface area contributed by atoms with E-state index < -0.39 is 0 Å². The van der Waals surface area contributed by atoms with Gasteiger partial charge in [0.1, 0.15) is 0 Å². The van der Waals surface area contributed by atoms with Crippen LogP contribution in [0.2, 0.25) is 5.02 Å². The van der Waals surface area contributed by atoms with Gasteiger partial charge in [0.05, 0.1) is 6.20 Å². The molecule has 1 aromatic carbocycles. The van der Waals surface area contributed by atoms with E-state index >= 15 is 0 Å². The van der Waals surface area contributed by atoms with Gasteiger partial charge in [-0.25, -0.2) is 0 Å². The molecule has 2 rings (SSSR count). The molecule has 21 heavy (non-hydrogen) atoms. The number of nitrogens with one attached hydrogen (secondary N) is 1. The molecular formula is C16H21BrClN3. The Hall–Kier alpha value is -0.840. The second-order valence-electron chi connectivity index (χ2n) is 5.26. The van der Waals surface area contributed by atoms with Gasteiger partial charge in [-0.15, -0.1) is 0 Å². The van der Waals surface area contributed by atoms with E-state index in [2.05, 4.69) is 46.3 Å². The van der Waals surface area contributed by atoms with Crippen molar-refractivity contribution < 1.29 is 0 Å². The molecule has 114 valence electrons. The summed E-state index contributed by atoms with van der Waals surface area (Å²) in [5, 5.41) is 8.77. The minimum Gasteiger partial charge on any atom is -0.310 e. The molecule has 0 radical (unpaired) electrons. The van der Waals surface area contributed by atoms with E-state index in [9.17, 15) is 0 Å². The molecule has 0 fully saturated rings. The van der Waals surface area contributed by atoms with Gasteiger partial charge in [0, 0.05) is 33.8 Å². The van der Waals surface area contributed by atoms with E-state index in [0.29, 0.717) is 0 Å². The van der Waals surface area contributed by atoms with Gasteiger partial charge in [0.2, 0.25) is 0 Å². The predicted octanol–water partition coefficient (Wildman–Crippen LogP) is 4.43. The largest absolute Gasteiger partial charge is 0.310 e. The van der Waals surface area contributed by atoms with Crippen molar-refractivity contribution in [2.24, 2.45) is 7.05 Å². The van der Waals surface area contributed by atoms with Crippen molar-refractivity contribution in [1.29, 1.82) is 0 Å². The smallest absolute Gasteiger partial charge is 0.0540 e. The third-order valence-corrected chi connectivity index (χ3v) is 4.57. The Kier molecular flexibility index (Phi) is 5.85. The quantitative estimate of drug-likeness (QED) is 0.815. The topological polar surface area (TPSA) is 29.9 Å². The van der Waals surface area contributed by atoms with Crippen molar-refractivity contribution in [3.63, 3.8) is 0 Å². The zero-order valence-electron chi connectivity index (χ0n) is 12.7. The van der Waals surface area contributed by atoms with E-state index in [1.807, 2.05) is 30.1 Å². The van der Waals surface area contributed by atoms with Gasteiger partial charge in [-0.1, -0.05) is 40.5 Å². The molecule has 0 spiro atoms. The first-order valence-corrected chi connectivity index (χ1v) is 8.35. The number of aryl methyl sites for hydroxylation is 1. The molecule has 1 atom stereocenters. The minimum atomic E-state index is 0.234. The highest BCUT2D eigenvalue weighted by Crippen LogP contribution is 2.27. The lowest BCUT2D eigenvalue weighted by atomic mass is 9.99. The Morgan fingerprint density at radius 2 is 2.19 bits per heavy atom. The average molecular weight is 371 g/mol. The van der Waals surface area contributed by atoms with Crippen LogP contribution >= 0.6 is 27.5 Å². The van der Waals surface area contributed by atoms with Gasteiger partial charge in [0.15, 0.2) is 0 Å². The predicted molar refractivity (Wildman–Crippen MR) is 91.8 cm³/mol. The standard InChI is InChI=1S/C16H21BrClN3/c1-4-7-19-16(14-10-20-21(3)11(14)2)8-12-5-6-13(17)9-15(12)18/h5-6,9-10,16,19H,4,7-8H2,1-3H3. The summed E-state index contributed by atoms with van der Waals surface area (Å²) in [7, 11) is 1.97. The Labute approximate surface area is 139 Å². The number of hydrogen-bond donors (Lipinski definition) is 1. The summed E-state index contributed by atoms with van der Waals surface area (Å²) in [5.41, 5.74) is 3.58. The van der Waals surface area contributed by atoms with Crippen LogP contribution in [0.1, 0.15) is 36.2 Å². The number of halogens is 2. The molecule has 0 amide bonds. The van der Waals surface area contributed by atoms with Crippen LogP contribution < -0.4 is 5.32 Å². The lowest BCUT2D eigenvalue weighted by Crippen LogP contribution is -2.24. The maximum atomic E-state index is 6.36. The first-order valence-electron chi connectivity index (χ1n) is 7.18. The molecule has 0 aliphatic heterocycles. The number of nitrogens with zero attached hydrogens (tertiary/aromatic N) is 2. The molecule has 0 saturated carbocycles. The summed E-state index contributed by atoms with van der Waals surface area (Å²) in [5.74, 6) is 0. The fourth-order valence-electron chi connectivity index (χ4n) is 2.38. The molecular weight excluding hydrogens is 350 g/mol. The van der Waals surface area contributed by atoms with Gasteiger partial charge >= 0.3 is 0 Å². The third-order valence-electron chi connectivity index (χ3n) is 3.73. The van der Waals surface area contributed by atoms with Crippen molar-refractivity contribution in [2.45, 2.75) is 32.7 Å². The molecule has 3 nitrogen and oxygen atoms in total. The van der Waals surface area contributed by atoms with Crippen LogP contribution in [0.3, 0.4) is 0 Å². The van der Waals surface area contributed by atoms with Crippen molar-refractivity contribution in [1.82, 2.24) is 15.1 Å². The second-order valence-corrected chi connectivity index (χ2v) is 6.58. The summed E-state index contributed by atoms with van der Waals surface area (Å²) in [6, 6.07) is 6.30. The van der Waals surface area contributed by atoms with Gasteiger partial charge in [0.25, 0.3) is 0 Å². The Balaban J connectivity index is 2.26. The summed E-state index contributed by atoms with van der Waals surface area (Å²) in [6.07, 6.45) is 3.91. The van der Waals surface area contributed by atoms with Crippen molar-refractivity contribution >= 4 is 27.5 Å². The Bertz CT molecular complexity index is 610.